The minimum atomic E-state index is -1.11. The molecular formula is C76H86BCl8LiN8O16. The Morgan fingerprint density at radius 3 is 1.17 bits per heavy atom. The summed E-state index contributed by atoms with van der Waals surface area (Å²) in [6.45, 7) is 36.4. The number of carbonyl (C=O) groups is 5. The Morgan fingerprint density at radius 2 is 0.827 bits per heavy atom. The van der Waals surface area contributed by atoms with Gasteiger partial charge in [0.05, 0.1) is 120 Å². The Hall–Kier alpha value is -8.36. The Bertz CT molecular complexity index is 4450. The summed E-state index contributed by atoms with van der Waals surface area (Å²) in [7, 11) is 4.99. The van der Waals surface area contributed by atoms with E-state index in [0.717, 1.165) is 22.3 Å². The SMILES string of the molecule is C=C(C)B1OC(C)(C)C(C)(C)O1.C=C(C)c1ccc(C(=O)OC)c(Cl)n1.C=C(C)c1ccc(C(=O)OC)c(Nc2cccc(Cl)c2OCC)n1.CCOc1c(Cl)cccc1Nc1nc(C(C)C)ccc1C(=O)OC.CCOc1c(N)cccc1Cl.COC(=O)c1ccc(Cl)nc1Cl.O=C(O)c1ccc(Cl)nc1Cl.[Li+].[OH-]. The van der Waals surface area contributed by atoms with Gasteiger partial charge in [-0.25, -0.2) is 48.9 Å². The number of halogens is 8. The molecule has 0 aliphatic carbocycles. The number of esters is 4. The number of anilines is 5. The molecule has 586 valence electrons. The number of allylic oxidation sites excluding steroid dienone is 3. The molecule has 1 fully saturated rings. The number of ether oxygens (including phenoxy) is 7. The molecule has 5 aromatic heterocycles. The molecule has 0 radical (unpaired) electrons. The standard InChI is InChI=1S/C18H21ClN2O3.C18H19ClN2O3.C10H10ClNO2.C9H17BO2.C8H10ClNO.C7H5Cl2NO2.C6H3Cl2NO2.Li.H2O/c2*1-5-24-16-13(19)7-6-8-15(16)21-17-12(18(22)23-4)9-10-14(20-17)11(2)3;1-6(2)8-5-4-7(9(11)12-8)10(13)14-3;1-7(2)10-11-8(3,4)9(5,6)12-10;1-2-11-8-6(9)4-3-5-7(8)10;1-12-7(11)4-2-3-5(8)10-6(4)9;7-4-2-1-3(6(10)11)5(8)9-4;;/h6-11H,5H2,1-4H3,(H,20,21);6-10H,2,5H2,1,3-4H3,(H,20,21);4-5H,1H2,2-3H3;1H2,2-6H3;3-5H,2,10H2,1H3;2-3H,1H3;1-2H,(H,10,11);;1H2/q;;;;;;;+1;/p-1. The number of aromatic nitrogens is 5. The van der Waals surface area contributed by atoms with Gasteiger partial charge in [-0.15, -0.1) is 6.58 Å². The molecular weight excluding hydrogens is 1580 g/mol. The Kier molecular flexibility index (Phi) is 43.9. The average molecular weight is 1670 g/mol. The third kappa shape index (κ3) is 30.4. The fourth-order valence-electron chi connectivity index (χ4n) is 8.33. The first-order valence-corrected chi connectivity index (χ1v) is 35.6. The molecule has 1 aliphatic rings. The quantitative estimate of drug-likeness (QED) is 0.0192. The predicted octanol–water partition coefficient (Wildman–Crippen LogP) is 17.6. The van der Waals surface area contributed by atoms with E-state index in [1.807, 2.05) is 95.2 Å². The van der Waals surface area contributed by atoms with E-state index < -0.39 is 29.8 Å². The van der Waals surface area contributed by atoms with Gasteiger partial charge in [-0.2, -0.15) is 0 Å². The monoisotopic (exact) mass is 1660 g/mol. The van der Waals surface area contributed by atoms with Gasteiger partial charge in [0.25, 0.3) is 0 Å². The molecule has 110 heavy (non-hydrogen) atoms. The van der Waals surface area contributed by atoms with E-state index in [2.05, 4.69) is 64.8 Å². The van der Waals surface area contributed by atoms with Crippen molar-refractivity contribution in [1.82, 2.24) is 24.9 Å². The first kappa shape index (κ1) is 99.7. The van der Waals surface area contributed by atoms with E-state index >= 15 is 0 Å². The minimum absolute atomic E-state index is 0. The van der Waals surface area contributed by atoms with Crippen LogP contribution >= 0.6 is 92.8 Å². The maximum atomic E-state index is 12.0. The molecule has 1 aliphatic heterocycles. The largest absolute Gasteiger partial charge is 1.00 e. The summed E-state index contributed by atoms with van der Waals surface area (Å²) in [5.41, 5.74) is 12.8. The third-order valence-electron chi connectivity index (χ3n) is 14.6. The summed E-state index contributed by atoms with van der Waals surface area (Å²) in [6.07, 6.45) is 0. The van der Waals surface area contributed by atoms with Crippen molar-refractivity contribution in [3.8, 4) is 17.2 Å². The van der Waals surface area contributed by atoms with E-state index in [9.17, 15) is 24.0 Å². The van der Waals surface area contributed by atoms with Crippen LogP contribution in [0.25, 0.3) is 11.1 Å². The van der Waals surface area contributed by atoms with Crippen LogP contribution in [-0.2, 0) is 28.3 Å². The molecule has 24 nitrogen and oxygen atoms in total. The molecule has 0 atom stereocenters. The van der Waals surface area contributed by atoms with Crippen molar-refractivity contribution in [2.75, 3.05) is 64.6 Å². The van der Waals surface area contributed by atoms with Crippen molar-refractivity contribution >= 4 is 170 Å². The van der Waals surface area contributed by atoms with Crippen LogP contribution in [0.4, 0.5) is 28.7 Å². The molecule has 0 spiro atoms. The van der Waals surface area contributed by atoms with Crippen LogP contribution in [0.2, 0.25) is 40.8 Å². The van der Waals surface area contributed by atoms with Crippen LogP contribution in [0.15, 0.2) is 140 Å². The van der Waals surface area contributed by atoms with E-state index in [1.165, 1.54) is 52.7 Å². The summed E-state index contributed by atoms with van der Waals surface area (Å²) in [5.74, 6) is -0.478. The number of carbonyl (C=O) groups excluding carboxylic acids is 4. The van der Waals surface area contributed by atoms with Crippen molar-refractivity contribution in [3.63, 3.8) is 0 Å². The number of nitrogens with one attached hydrogen (secondary N) is 2. The number of nitrogens with zero attached hydrogens (tertiary/aromatic N) is 5. The fourth-order valence-corrected chi connectivity index (χ4v) is 10.1. The van der Waals surface area contributed by atoms with Gasteiger partial charge in [-0.3, -0.25) is 0 Å². The molecule has 1 saturated heterocycles. The molecule has 0 saturated carbocycles. The summed E-state index contributed by atoms with van der Waals surface area (Å²) >= 11 is 46.0. The van der Waals surface area contributed by atoms with Crippen LogP contribution < -0.4 is 49.4 Å². The summed E-state index contributed by atoms with van der Waals surface area (Å²) in [4.78, 5) is 76.7. The van der Waals surface area contributed by atoms with Gasteiger partial charge in [0.15, 0.2) is 17.2 Å². The Labute approximate surface area is 693 Å². The van der Waals surface area contributed by atoms with Crippen molar-refractivity contribution in [3.05, 3.63) is 226 Å². The number of hydrogen-bond donors (Lipinski definition) is 4. The van der Waals surface area contributed by atoms with Crippen LogP contribution in [0, 0.1) is 0 Å². The molecule has 9 rings (SSSR count). The van der Waals surface area contributed by atoms with Gasteiger partial charge in [-0.05, 0) is 183 Å². The second-order valence-corrected chi connectivity index (χ2v) is 26.6. The average Bonchev–Trinajstić information content (AvgIpc) is 1.63. The first-order valence-electron chi connectivity index (χ1n) is 32.5. The van der Waals surface area contributed by atoms with Crippen LogP contribution in [-0.4, -0.2) is 132 Å². The summed E-state index contributed by atoms with van der Waals surface area (Å²) in [6, 6.07) is 31.8. The van der Waals surface area contributed by atoms with E-state index in [1.54, 1.807) is 78.9 Å². The molecule has 8 aromatic rings. The van der Waals surface area contributed by atoms with Crippen LogP contribution in [0.5, 0.6) is 17.2 Å². The molecule has 34 heteroatoms. The number of pyridine rings is 5. The van der Waals surface area contributed by atoms with Gasteiger partial charge in [0.2, 0.25) is 0 Å². The van der Waals surface area contributed by atoms with Crippen molar-refractivity contribution in [2.24, 2.45) is 0 Å². The molecule has 0 unspecified atom stereocenters. The van der Waals surface area contributed by atoms with Gasteiger partial charge in [-0.1, -0.05) is 143 Å². The predicted molar refractivity (Wildman–Crippen MR) is 434 cm³/mol. The fraction of sp³-hybridized carbons (Fsp3) is 0.289. The van der Waals surface area contributed by atoms with Gasteiger partial charge < -0.3 is 69.4 Å². The van der Waals surface area contributed by atoms with Gasteiger partial charge >= 0.3 is 55.8 Å². The normalized spacial score (nSPS) is 11.6. The maximum absolute atomic E-state index is 12.0. The van der Waals surface area contributed by atoms with Crippen molar-refractivity contribution in [1.29, 1.82) is 0 Å². The number of benzene rings is 3. The Balaban J connectivity index is 0.000000657. The topological polar surface area (TPSA) is 333 Å². The number of para-hydroxylation sites is 3. The van der Waals surface area contributed by atoms with E-state index in [0.29, 0.717) is 103 Å². The summed E-state index contributed by atoms with van der Waals surface area (Å²) in [5, 5.41) is 16.8. The smallest absolute Gasteiger partial charge is 0.870 e. The number of carboxylic acid groups (broad SMARTS) is 1. The van der Waals surface area contributed by atoms with Crippen LogP contribution in [0.1, 0.15) is 158 Å². The van der Waals surface area contributed by atoms with Crippen molar-refractivity contribution < 1.29 is 95.9 Å². The number of nitrogens with two attached hydrogens (primary N) is 1. The molecule has 3 aromatic carbocycles. The van der Waals surface area contributed by atoms with E-state index in [-0.39, 0.29) is 91.0 Å². The molecule has 0 bridgehead atoms. The van der Waals surface area contributed by atoms with Crippen LogP contribution in [0.3, 0.4) is 0 Å². The van der Waals surface area contributed by atoms with E-state index in [4.69, 9.17) is 137 Å². The minimum Gasteiger partial charge on any atom is -0.870 e. The number of rotatable bonds is 19. The second kappa shape index (κ2) is 48.4. The summed E-state index contributed by atoms with van der Waals surface area (Å²) < 4.78 is 46.5. The van der Waals surface area contributed by atoms with Crippen molar-refractivity contribution in [2.45, 2.75) is 100 Å². The zero-order valence-corrected chi connectivity index (χ0v) is 69.9. The third-order valence-corrected chi connectivity index (χ3v) is 16.7. The molecule has 0 amide bonds. The zero-order chi connectivity index (χ0) is 81.5. The maximum Gasteiger partial charge on any atom is 1.00 e. The molecule has 6 heterocycles. The number of methoxy groups -OCH3 is 4. The number of nitrogen functional groups attached to an aromatic ring is 1. The van der Waals surface area contributed by atoms with Gasteiger partial charge in [0.1, 0.15) is 48.5 Å². The molecule has 6 N–H and O–H groups in total. The zero-order valence-electron chi connectivity index (χ0n) is 63.8. The number of hydrogen-bond acceptors (Lipinski definition) is 23. The number of aromatic carboxylic acids is 1. The second-order valence-electron chi connectivity index (χ2n) is 23.6. The Morgan fingerprint density at radius 1 is 0.491 bits per heavy atom. The number of carboxylic acids is 1. The first-order chi connectivity index (χ1) is 50.8. The van der Waals surface area contributed by atoms with Gasteiger partial charge in [0, 0.05) is 5.69 Å².